The first-order valence-corrected chi connectivity index (χ1v) is 10.2. The summed E-state index contributed by atoms with van der Waals surface area (Å²) in [5.41, 5.74) is 1.34. The van der Waals surface area contributed by atoms with Gasteiger partial charge >= 0.3 is 0 Å². The number of aryl methyl sites for hydroxylation is 1. The zero-order valence-electron chi connectivity index (χ0n) is 16.8. The first-order valence-electron chi connectivity index (χ1n) is 9.45. The summed E-state index contributed by atoms with van der Waals surface area (Å²) in [6.07, 6.45) is 2.99. The molecule has 2 aromatic heterocycles. The van der Waals surface area contributed by atoms with E-state index in [1.54, 1.807) is 36.5 Å². The van der Waals surface area contributed by atoms with Gasteiger partial charge in [-0.3, -0.25) is 10.1 Å². The molecule has 0 aliphatic rings. The smallest absolute Gasteiger partial charge is 0.278 e. The van der Waals surface area contributed by atoms with Crippen LogP contribution in [0.2, 0.25) is 10.0 Å². The van der Waals surface area contributed by atoms with Crippen LogP contribution < -0.4 is 10.1 Å². The molecule has 4 rings (SSSR count). The molecular formula is C21H17Cl2FN6O2. The van der Waals surface area contributed by atoms with Crippen LogP contribution in [0.15, 0.2) is 55.0 Å². The fourth-order valence-corrected chi connectivity index (χ4v) is 3.35. The molecule has 0 unspecified atom stereocenters. The number of rotatable bonds is 7. The second-order valence-electron chi connectivity index (χ2n) is 6.84. The number of nitrogens with one attached hydrogen (secondary N) is 1. The standard InChI is InChI=1S/C21H17Cl2FN6O2/c1-13-9-14(22)5-6-19(13)32-12-29-8-7-18(27-29)20(31)26-21-25-11-30(28-21)10-15-16(23)3-2-4-17(15)24/h2-9,11H,10,12H2,1H3,(H,26,28,31). The van der Waals surface area contributed by atoms with Gasteiger partial charge in [-0.15, -0.1) is 5.10 Å². The summed E-state index contributed by atoms with van der Waals surface area (Å²) in [6.45, 7) is 2.08. The highest BCUT2D eigenvalue weighted by Gasteiger charge is 2.14. The topological polar surface area (TPSA) is 86.9 Å². The maximum absolute atomic E-state index is 13.9. The molecule has 2 aromatic carbocycles. The number of hydrogen-bond donors (Lipinski definition) is 1. The first kappa shape index (κ1) is 21.8. The van der Waals surface area contributed by atoms with Crippen molar-refractivity contribution in [2.24, 2.45) is 0 Å². The van der Waals surface area contributed by atoms with Gasteiger partial charge in [-0.25, -0.2) is 18.7 Å². The predicted molar refractivity (Wildman–Crippen MR) is 118 cm³/mol. The lowest BCUT2D eigenvalue weighted by Crippen LogP contribution is -2.15. The number of halogens is 3. The SMILES string of the molecule is Cc1cc(Cl)ccc1OCn1ccc(C(=O)Nc2ncn(Cc3c(F)cccc3Cl)n2)n1. The minimum atomic E-state index is -0.493. The number of carbonyl (C=O) groups is 1. The number of aromatic nitrogens is 5. The number of anilines is 1. The Morgan fingerprint density at radius 2 is 2.00 bits per heavy atom. The first-order chi connectivity index (χ1) is 15.4. The maximum Gasteiger partial charge on any atom is 0.278 e. The van der Waals surface area contributed by atoms with E-state index in [9.17, 15) is 9.18 Å². The van der Waals surface area contributed by atoms with Crippen molar-refractivity contribution in [3.05, 3.63) is 87.7 Å². The molecule has 2 heterocycles. The number of benzene rings is 2. The summed E-state index contributed by atoms with van der Waals surface area (Å²) < 4.78 is 22.5. The summed E-state index contributed by atoms with van der Waals surface area (Å²) in [6, 6.07) is 11.3. The zero-order valence-corrected chi connectivity index (χ0v) is 18.3. The average Bonchev–Trinajstić information content (AvgIpc) is 3.40. The van der Waals surface area contributed by atoms with Crippen LogP contribution in [0, 0.1) is 12.7 Å². The van der Waals surface area contributed by atoms with Crippen LogP contribution >= 0.6 is 23.2 Å². The van der Waals surface area contributed by atoms with E-state index in [1.165, 1.54) is 27.8 Å². The van der Waals surface area contributed by atoms with E-state index >= 15 is 0 Å². The van der Waals surface area contributed by atoms with Gasteiger partial charge in [-0.05, 0) is 48.9 Å². The number of nitrogens with zero attached hydrogens (tertiary/aromatic N) is 5. The van der Waals surface area contributed by atoms with Crippen LogP contribution in [0.3, 0.4) is 0 Å². The normalized spacial score (nSPS) is 10.9. The van der Waals surface area contributed by atoms with Crippen LogP contribution in [-0.2, 0) is 13.3 Å². The number of amides is 1. The summed E-state index contributed by atoms with van der Waals surface area (Å²) in [5, 5.41) is 11.8. The highest BCUT2D eigenvalue weighted by molar-refractivity contribution is 6.31. The van der Waals surface area contributed by atoms with Gasteiger partial charge in [0.1, 0.15) is 17.9 Å². The molecule has 0 radical (unpaired) electrons. The van der Waals surface area contributed by atoms with Gasteiger partial charge in [-0.2, -0.15) is 5.10 Å². The summed E-state index contributed by atoms with van der Waals surface area (Å²) in [5.74, 6) is -0.209. The Balaban J connectivity index is 1.36. The largest absolute Gasteiger partial charge is 0.471 e. The van der Waals surface area contributed by atoms with E-state index in [-0.39, 0.29) is 35.5 Å². The van der Waals surface area contributed by atoms with E-state index in [4.69, 9.17) is 27.9 Å². The number of hydrogen-bond acceptors (Lipinski definition) is 5. The quantitative estimate of drug-likeness (QED) is 0.424. The molecule has 11 heteroatoms. The van der Waals surface area contributed by atoms with Crippen LogP contribution in [0.5, 0.6) is 5.75 Å². The van der Waals surface area contributed by atoms with Gasteiger partial charge in [0.25, 0.3) is 5.91 Å². The molecule has 1 amide bonds. The van der Waals surface area contributed by atoms with Gasteiger partial charge in [0.05, 0.1) is 6.54 Å². The summed E-state index contributed by atoms with van der Waals surface area (Å²) >= 11 is 12.0. The van der Waals surface area contributed by atoms with E-state index in [1.807, 2.05) is 6.92 Å². The Kier molecular flexibility index (Phi) is 6.38. The van der Waals surface area contributed by atoms with E-state index in [2.05, 4.69) is 20.5 Å². The third-order valence-electron chi connectivity index (χ3n) is 4.51. The van der Waals surface area contributed by atoms with Crippen LogP contribution in [0.4, 0.5) is 10.3 Å². The second-order valence-corrected chi connectivity index (χ2v) is 7.69. The Morgan fingerprint density at radius 3 is 2.78 bits per heavy atom. The van der Waals surface area contributed by atoms with Crippen molar-refractivity contribution in [2.75, 3.05) is 5.32 Å². The Bertz CT molecular complexity index is 1250. The Hall–Kier alpha value is -3.43. The average molecular weight is 475 g/mol. The van der Waals surface area contributed by atoms with Crippen molar-refractivity contribution >= 4 is 35.1 Å². The summed E-state index contributed by atoms with van der Waals surface area (Å²) in [4.78, 5) is 16.5. The lowest BCUT2D eigenvalue weighted by Gasteiger charge is -2.09. The van der Waals surface area contributed by atoms with E-state index < -0.39 is 11.7 Å². The van der Waals surface area contributed by atoms with Crippen molar-refractivity contribution < 1.29 is 13.9 Å². The molecule has 0 fully saturated rings. The van der Waals surface area contributed by atoms with Gasteiger partial charge < -0.3 is 4.74 Å². The van der Waals surface area contributed by atoms with Crippen molar-refractivity contribution in [2.45, 2.75) is 20.2 Å². The lowest BCUT2D eigenvalue weighted by molar-refractivity contribution is 0.101. The van der Waals surface area contributed by atoms with E-state index in [0.29, 0.717) is 10.8 Å². The number of ether oxygens (including phenoxy) is 1. The minimum absolute atomic E-state index is 0.0602. The molecule has 0 saturated heterocycles. The minimum Gasteiger partial charge on any atom is -0.471 e. The molecular weight excluding hydrogens is 458 g/mol. The van der Waals surface area contributed by atoms with Gasteiger partial charge in [-0.1, -0.05) is 29.3 Å². The van der Waals surface area contributed by atoms with Gasteiger partial charge in [0.2, 0.25) is 5.95 Å². The maximum atomic E-state index is 13.9. The Morgan fingerprint density at radius 1 is 1.16 bits per heavy atom. The predicted octanol–water partition coefficient (Wildman–Crippen LogP) is 4.57. The third kappa shape index (κ3) is 5.06. The Labute approximate surface area is 192 Å². The van der Waals surface area contributed by atoms with Crippen LogP contribution in [-0.4, -0.2) is 30.5 Å². The molecule has 164 valence electrons. The van der Waals surface area contributed by atoms with Gasteiger partial charge in [0.15, 0.2) is 12.4 Å². The molecule has 1 N–H and O–H groups in total. The molecule has 0 aliphatic heterocycles. The molecule has 0 saturated carbocycles. The number of carbonyl (C=O) groups excluding carboxylic acids is 1. The van der Waals surface area contributed by atoms with Crippen LogP contribution in [0.1, 0.15) is 21.6 Å². The highest BCUT2D eigenvalue weighted by atomic mass is 35.5. The molecule has 0 bridgehead atoms. The fourth-order valence-electron chi connectivity index (χ4n) is 2.90. The zero-order chi connectivity index (χ0) is 22.7. The molecule has 0 atom stereocenters. The van der Waals surface area contributed by atoms with Crippen molar-refractivity contribution in [1.29, 1.82) is 0 Å². The van der Waals surface area contributed by atoms with Crippen LogP contribution in [0.25, 0.3) is 0 Å². The molecule has 8 nitrogen and oxygen atoms in total. The second kappa shape index (κ2) is 9.37. The van der Waals surface area contributed by atoms with Gasteiger partial charge in [0, 0.05) is 21.8 Å². The monoisotopic (exact) mass is 474 g/mol. The lowest BCUT2D eigenvalue weighted by atomic mass is 10.2. The molecule has 4 aromatic rings. The van der Waals surface area contributed by atoms with E-state index in [0.717, 1.165) is 5.56 Å². The van der Waals surface area contributed by atoms with Crippen molar-refractivity contribution in [3.63, 3.8) is 0 Å². The van der Waals surface area contributed by atoms with Crippen molar-refractivity contribution in [3.8, 4) is 5.75 Å². The molecule has 32 heavy (non-hydrogen) atoms. The summed E-state index contributed by atoms with van der Waals surface area (Å²) in [7, 11) is 0. The van der Waals surface area contributed by atoms with Crippen molar-refractivity contribution in [1.82, 2.24) is 24.5 Å². The molecule has 0 aliphatic carbocycles. The fraction of sp³-hybridized carbons (Fsp3) is 0.143. The molecule has 0 spiro atoms. The highest BCUT2D eigenvalue weighted by Crippen LogP contribution is 2.22. The third-order valence-corrected chi connectivity index (χ3v) is 5.10.